The Morgan fingerprint density at radius 3 is 2.55 bits per heavy atom. The summed E-state index contributed by atoms with van der Waals surface area (Å²) in [5.74, 6) is -0.945. The van der Waals surface area contributed by atoms with Crippen LogP contribution in [0.4, 0.5) is 5.13 Å². The van der Waals surface area contributed by atoms with Gasteiger partial charge in [0.05, 0.1) is 17.5 Å². The van der Waals surface area contributed by atoms with E-state index in [0.29, 0.717) is 10.7 Å². The van der Waals surface area contributed by atoms with E-state index >= 15 is 0 Å². The van der Waals surface area contributed by atoms with Crippen molar-refractivity contribution in [1.82, 2.24) is 4.98 Å². The van der Waals surface area contributed by atoms with Gasteiger partial charge in [-0.2, -0.15) is 5.10 Å². The summed E-state index contributed by atoms with van der Waals surface area (Å²) >= 11 is 1.48. The Morgan fingerprint density at radius 2 is 1.72 bits per heavy atom. The summed E-state index contributed by atoms with van der Waals surface area (Å²) < 4.78 is 0. The van der Waals surface area contributed by atoms with E-state index < -0.39 is 5.97 Å². The molecule has 3 aromatic carbocycles. The molecule has 0 aliphatic heterocycles. The zero-order chi connectivity index (χ0) is 20.1. The van der Waals surface area contributed by atoms with E-state index in [1.165, 1.54) is 11.3 Å². The molecule has 2 N–H and O–H groups in total. The first kappa shape index (κ1) is 18.6. The van der Waals surface area contributed by atoms with Gasteiger partial charge >= 0.3 is 5.97 Å². The highest BCUT2D eigenvalue weighted by atomic mass is 32.1. The molecule has 0 fully saturated rings. The molecule has 1 heterocycles. The minimum atomic E-state index is -0.945. The fourth-order valence-corrected chi connectivity index (χ4v) is 3.60. The molecule has 29 heavy (non-hydrogen) atoms. The highest BCUT2D eigenvalue weighted by molar-refractivity contribution is 7.14. The number of thiazole rings is 1. The van der Waals surface area contributed by atoms with Gasteiger partial charge in [0.15, 0.2) is 0 Å². The fraction of sp³-hybridized carbons (Fsp3) is 0. The number of carboxylic acid groups (broad SMARTS) is 1. The minimum Gasteiger partial charge on any atom is -0.478 e. The van der Waals surface area contributed by atoms with Gasteiger partial charge in [-0.05, 0) is 28.8 Å². The van der Waals surface area contributed by atoms with E-state index in [1.54, 1.807) is 24.4 Å². The topological polar surface area (TPSA) is 74.6 Å². The Hall–Kier alpha value is -3.77. The van der Waals surface area contributed by atoms with Crippen LogP contribution in [0.2, 0.25) is 0 Å². The number of carbonyl (C=O) groups is 1. The van der Waals surface area contributed by atoms with Gasteiger partial charge in [-0.3, -0.25) is 5.43 Å². The first-order chi connectivity index (χ1) is 14.2. The lowest BCUT2D eigenvalue weighted by molar-refractivity contribution is 0.0697. The summed E-state index contributed by atoms with van der Waals surface area (Å²) in [5.41, 5.74) is 7.55. The SMILES string of the molecule is O=C(O)c1ccccc1-c1cccc(C=NNc2nc(-c3ccccc3)cs2)c1. The van der Waals surface area contributed by atoms with Crippen molar-refractivity contribution in [3.8, 4) is 22.4 Å². The second kappa shape index (κ2) is 8.50. The van der Waals surface area contributed by atoms with Gasteiger partial charge in [-0.1, -0.05) is 66.7 Å². The molecule has 1 aromatic heterocycles. The fourth-order valence-electron chi connectivity index (χ4n) is 2.94. The largest absolute Gasteiger partial charge is 0.478 e. The number of rotatable bonds is 6. The van der Waals surface area contributed by atoms with E-state index in [9.17, 15) is 9.90 Å². The van der Waals surface area contributed by atoms with Crippen LogP contribution in [0.1, 0.15) is 15.9 Å². The predicted molar refractivity (Wildman–Crippen MR) is 118 cm³/mol. The molecule has 6 heteroatoms. The number of nitrogens with zero attached hydrogens (tertiary/aromatic N) is 2. The van der Waals surface area contributed by atoms with Crippen molar-refractivity contribution in [3.05, 3.63) is 95.4 Å². The smallest absolute Gasteiger partial charge is 0.336 e. The maximum Gasteiger partial charge on any atom is 0.336 e. The van der Waals surface area contributed by atoms with Crippen LogP contribution in [0.5, 0.6) is 0 Å². The van der Waals surface area contributed by atoms with Crippen LogP contribution in [0, 0.1) is 0 Å². The molecule has 142 valence electrons. The lowest BCUT2D eigenvalue weighted by Crippen LogP contribution is -1.99. The van der Waals surface area contributed by atoms with Gasteiger partial charge in [-0.15, -0.1) is 11.3 Å². The molecule has 0 atom stereocenters. The van der Waals surface area contributed by atoms with Gasteiger partial charge in [0.25, 0.3) is 0 Å². The number of carboxylic acids is 1. The molecule has 0 aliphatic carbocycles. The van der Waals surface area contributed by atoms with Crippen molar-refractivity contribution in [3.63, 3.8) is 0 Å². The monoisotopic (exact) mass is 399 g/mol. The molecule has 0 spiro atoms. The van der Waals surface area contributed by atoms with Gasteiger partial charge in [0.2, 0.25) is 5.13 Å². The number of hydrogen-bond acceptors (Lipinski definition) is 5. The Balaban J connectivity index is 1.50. The lowest BCUT2D eigenvalue weighted by atomic mass is 9.98. The van der Waals surface area contributed by atoms with Crippen LogP contribution in [0.3, 0.4) is 0 Å². The summed E-state index contributed by atoms with van der Waals surface area (Å²) in [7, 11) is 0. The van der Waals surface area contributed by atoms with Gasteiger partial charge < -0.3 is 5.11 Å². The molecule has 4 aromatic rings. The van der Waals surface area contributed by atoms with Crippen LogP contribution in [-0.4, -0.2) is 22.3 Å². The van der Waals surface area contributed by atoms with Gasteiger partial charge in [0, 0.05) is 10.9 Å². The number of anilines is 1. The third-order valence-corrected chi connectivity index (χ3v) is 5.05. The maximum absolute atomic E-state index is 11.5. The van der Waals surface area contributed by atoms with Crippen molar-refractivity contribution in [2.24, 2.45) is 5.10 Å². The zero-order valence-electron chi connectivity index (χ0n) is 15.3. The Kier molecular flexibility index (Phi) is 5.45. The second-order valence-electron chi connectivity index (χ2n) is 6.25. The first-order valence-corrected chi connectivity index (χ1v) is 9.81. The van der Waals surface area contributed by atoms with Crippen LogP contribution in [-0.2, 0) is 0 Å². The van der Waals surface area contributed by atoms with E-state index in [4.69, 9.17) is 0 Å². The summed E-state index contributed by atoms with van der Waals surface area (Å²) in [5, 5.41) is 16.4. The molecule has 0 amide bonds. The van der Waals surface area contributed by atoms with Crippen LogP contribution in [0.15, 0.2) is 89.3 Å². The summed E-state index contributed by atoms with van der Waals surface area (Å²) in [6.45, 7) is 0. The maximum atomic E-state index is 11.5. The molecule has 4 rings (SSSR count). The van der Waals surface area contributed by atoms with Gasteiger partial charge in [0.1, 0.15) is 0 Å². The standard InChI is InChI=1S/C23H17N3O2S/c27-22(28)20-12-5-4-11-19(20)18-10-6-7-16(13-18)14-24-26-23-25-21(15-29-23)17-8-2-1-3-9-17/h1-15H,(H,25,26)(H,27,28). The predicted octanol–water partition coefficient (Wildman–Crippen LogP) is 5.62. The molecule has 0 radical (unpaired) electrons. The Bertz CT molecular complexity index is 1170. The number of aromatic carboxylic acids is 1. The number of benzene rings is 3. The summed E-state index contributed by atoms with van der Waals surface area (Å²) in [6, 6.07) is 24.5. The molecular weight excluding hydrogens is 382 g/mol. The van der Waals surface area contributed by atoms with Crippen molar-refractivity contribution in [2.75, 3.05) is 5.43 Å². The number of nitrogens with one attached hydrogen (secondary N) is 1. The van der Waals surface area contributed by atoms with Crippen molar-refractivity contribution in [2.45, 2.75) is 0 Å². The molecule has 5 nitrogen and oxygen atoms in total. The van der Waals surface area contributed by atoms with Crippen LogP contribution >= 0.6 is 11.3 Å². The number of hydrazone groups is 1. The van der Waals surface area contributed by atoms with Crippen molar-refractivity contribution < 1.29 is 9.90 Å². The van der Waals surface area contributed by atoms with Gasteiger partial charge in [-0.25, -0.2) is 9.78 Å². The molecule has 0 aliphatic rings. The zero-order valence-corrected chi connectivity index (χ0v) is 16.1. The molecule has 0 saturated carbocycles. The van der Waals surface area contributed by atoms with E-state index in [-0.39, 0.29) is 5.56 Å². The minimum absolute atomic E-state index is 0.274. The third kappa shape index (κ3) is 4.39. The molecule has 0 saturated heterocycles. The van der Waals surface area contributed by atoms with E-state index in [1.807, 2.05) is 66.0 Å². The second-order valence-corrected chi connectivity index (χ2v) is 7.11. The van der Waals surface area contributed by atoms with E-state index in [0.717, 1.165) is 22.4 Å². The highest BCUT2D eigenvalue weighted by Crippen LogP contribution is 2.25. The van der Waals surface area contributed by atoms with Crippen molar-refractivity contribution in [1.29, 1.82) is 0 Å². The average molecular weight is 399 g/mol. The third-order valence-electron chi connectivity index (χ3n) is 4.30. The number of aromatic nitrogens is 1. The summed E-state index contributed by atoms with van der Waals surface area (Å²) in [6.07, 6.45) is 1.69. The van der Waals surface area contributed by atoms with Crippen LogP contribution in [0.25, 0.3) is 22.4 Å². The normalized spacial score (nSPS) is 10.9. The first-order valence-electron chi connectivity index (χ1n) is 8.93. The Labute approximate surface area is 172 Å². The Morgan fingerprint density at radius 1 is 0.966 bits per heavy atom. The highest BCUT2D eigenvalue weighted by Gasteiger charge is 2.10. The average Bonchev–Trinajstić information content (AvgIpc) is 3.23. The molecular formula is C23H17N3O2S. The lowest BCUT2D eigenvalue weighted by Gasteiger charge is -2.06. The summed E-state index contributed by atoms with van der Waals surface area (Å²) in [4.78, 5) is 16.0. The quantitative estimate of drug-likeness (QED) is 0.326. The van der Waals surface area contributed by atoms with E-state index in [2.05, 4.69) is 15.5 Å². The molecule has 0 bridgehead atoms. The molecule has 0 unspecified atom stereocenters. The number of hydrogen-bond donors (Lipinski definition) is 2. The van der Waals surface area contributed by atoms with Crippen LogP contribution < -0.4 is 5.43 Å². The van der Waals surface area contributed by atoms with Crippen molar-refractivity contribution >= 4 is 28.7 Å².